The molecule has 16 aromatic carbocycles. The minimum atomic E-state index is -0.584. The van der Waals surface area contributed by atoms with Gasteiger partial charge in [0, 0.05) is 73.9 Å². The van der Waals surface area contributed by atoms with E-state index in [9.17, 15) is 11.0 Å². The lowest BCUT2D eigenvalue weighted by Crippen LogP contribution is -2.69. The Kier molecular flexibility index (Phi) is 10.9. The molecular weight excluding hydrogens is 1270 g/mol. The van der Waals surface area contributed by atoms with E-state index in [-0.39, 0.29) is 48.3 Å². The maximum atomic E-state index is 9.70. The third-order valence-corrected chi connectivity index (χ3v) is 22.5. The summed E-state index contributed by atoms with van der Waals surface area (Å²) < 4.78 is 83.8. The molecule has 16 aromatic rings. The van der Waals surface area contributed by atoms with Gasteiger partial charge in [-0.1, -0.05) is 267 Å². The Labute approximate surface area is 622 Å². The van der Waals surface area contributed by atoms with Gasteiger partial charge in [-0.3, -0.25) is 0 Å². The van der Waals surface area contributed by atoms with Gasteiger partial charge in [-0.15, -0.1) is 0 Å². The summed E-state index contributed by atoms with van der Waals surface area (Å²) in [6.45, 7) is -1.56. The standard InChI is InChI=1S/C96H60B3N5O/c1-10-28-61(29-11-1)66-46-48-81-75(50-66)97-77-58-78-84(59-83(77)102(73-42-24-8-25-43-73)86-55-70(65-36-18-5-19-37-65)54-85(91(86)97)100(81)71-38-20-6-21-39-71)103(74-44-26-9-27-45-74)88-60-87-92-96-93(88)99(78)80-53-69(64-34-16-4-17-35-64)57-90-95(80)104(96)94-79(52-68(56-89(94)105-90)63-32-14-3-15-33-63)98(92)76-51-67(62-30-12-2-13-31-62)47-49-82(76)101(87)72-40-22-7-23-41-72/h1-60H/i20D,21D,22D,23D,24D,25D,26D,27D. The predicted molar refractivity (Wildman–Crippen MR) is 441 cm³/mol. The Bertz CT molecular complexity index is 6760. The second kappa shape index (κ2) is 22.5. The third kappa shape index (κ3) is 8.52. The van der Waals surface area contributed by atoms with Crippen molar-refractivity contribution >= 4 is 155 Å². The van der Waals surface area contributed by atoms with E-state index in [1.54, 1.807) is 24.3 Å². The molecular formula is C96H60B3N5O. The quantitative estimate of drug-likeness (QED) is 0.134. The highest BCUT2D eigenvalue weighted by molar-refractivity contribution is 7.06. The molecule has 7 aliphatic heterocycles. The van der Waals surface area contributed by atoms with Crippen molar-refractivity contribution in [1.29, 1.82) is 0 Å². The van der Waals surface area contributed by atoms with E-state index >= 15 is 0 Å². The van der Waals surface area contributed by atoms with Crippen molar-refractivity contribution in [2.45, 2.75) is 0 Å². The van der Waals surface area contributed by atoms with Crippen molar-refractivity contribution in [2.75, 3.05) is 24.5 Å². The lowest BCUT2D eigenvalue weighted by Gasteiger charge is -2.53. The number of ether oxygens (including phenoxy) is 1. The third-order valence-electron chi connectivity index (χ3n) is 22.5. The summed E-state index contributed by atoms with van der Waals surface area (Å²) >= 11 is 0. The van der Waals surface area contributed by atoms with E-state index in [1.807, 2.05) is 91.0 Å². The molecule has 23 rings (SSSR count). The second-order valence-corrected chi connectivity index (χ2v) is 28.0. The minimum absolute atomic E-state index is 0.156. The molecule has 0 spiro atoms. The van der Waals surface area contributed by atoms with Crippen LogP contribution in [0.5, 0.6) is 11.5 Å². The maximum Gasteiger partial charge on any atom is 0.252 e. The van der Waals surface area contributed by atoms with Gasteiger partial charge in [-0.2, -0.15) is 0 Å². The molecule has 7 aliphatic rings. The van der Waals surface area contributed by atoms with Crippen molar-refractivity contribution in [3.05, 3.63) is 364 Å². The van der Waals surface area contributed by atoms with Crippen molar-refractivity contribution in [3.8, 4) is 67.1 Å². The van der Waals surface area contributed by atoms with Crippen LogP contribution in [0.25, 0.3) is 55.6 Å². The van der Waals surface area contributed by atoms with Crippen molar-refractivity contribution in [3.63, 3.8) is 0 Å². The van der Waals surface area contributed by atoms with Crippen LogP contribution in [0.1, 0.15) is 11.0 Å². The van der Waals surface area contributed by atoms with Gasteiger partial charge in [0.1, 0.15) is 0 Å². The molecule has 484 valence electrons. The van der Waals surface area contributed by atoms with E-state index in [4.69, 9.17) is 4.74 Å². The molecule has 9 heteroatoms. The fourth-order valence-electron chi connectivity index (χ4n) is 18.3. The highest BCUT2D eigenvalue weighted by Crippen LogP contribution is 2.58. The second-order valence-electron chi connectivity index (χ2n) is 28.0. The number of anilines is 15. The number of hydrogen-bond donors (Lipinski definition) is 0. The number of benzene rings is 16. The summed E-state index contributed by atoms with van der Waals surface area (Å²) in [7, 11) is 0. The van der Waals surface area contributed by atoms with E-state index in [1.165, 1.54) is 0 Å². The van der Waals surface area contributed by atoms with Crippen LogP contribution in [-0.4, -0.2) is 20.1 Å². The molecule has 0 radical (unpaired) electrons. The van der Waals surface area contributed by atoms with Crippen molar-refractivity contribution in [1.82, 2.24) is 0 Å². The Morgan fingerprint density at radius 3 is 0.867 bits per heavy atom. The van der Waals surface area contributed by atoms with Crippen LogP contribution in [0, 0.1) is 0 Å². The molecule has 0 unspecified atom stereocenters. The van der Waals surface area contributed by atoms with Crippen LogP contribution in [0.3, 0.4) is 0 Å². The molecule has 0 saturated heterocycles. The summed E-state index contributed by atoms with van der Waals surface area (Å²) in [6, 6.07) is 109. The normalized spacial score (nSPS) is 14.7. The largest absolute Gasteiger partial charge is 0.453 e. The van der Waals surface area contributed by atoms with Crippen LogP contribution in [0.2, 0.25) is 0 Å². The molecule has 0 N–H and O–H groups in total. The maximum absolute atomic E-state index is 9.70. The average Bonchev–Trinajstić information content (AvgIpc) is 0.655. The fraction of sp³-hybridized carbons (Fsp3) is 0. The summed E-state index contributed by atoms with van der Waals surface area (Å²) in [5.74, 6) is 1.38. The topological polar surface area (TPSA) is 25.4 Å². The van der Waals surface area contributed by atoms with Gasteiger partial charge in [-0.05, 0) is 202 Å². The van der Waals surface area contributed by atoms with E-state index in [0.29, 0.717) is 34.2 Å². The lowest BCUT2D eigenvalue weighted by molar-refractivity contribution is 0.478. The number of para-hydroxylation sites is 4. The minimum Gasteiger partial charge on any atom is -0.453 e. The molecule has 0 saturated carbocycles. The Balaban J connectivity index is 0.893. The van der Waals surface area contributed by atoms with E-state index in [0.717, 1.165) is 167 Å². The summed E-state index contributed by atoms with van der Waals surface area (Å²) in [6.07, 6.45) is 0. The van der Waals surface area contributed by atoms with Crippen molar-refractivity contribution < 1.29 is 15.7 Å². The van der Waals surface area contributed by atoms with Crippen molar-refractivity contribution in [2.24, 2.45) is 0 Å². The molecule has 0 aromatic heterocycles. The first kappa shape index (κ1) is 50.8. The first-order chi connectivity index (χ1) is 55.3. The summed E-state index contributed by atoms with van der Waals surface area (Å²) in [4.78, 5) is 11.5. The number of hydrogen-bond acceptors (Lipinski definition) is 6. The molecule has 105 heavy (non-hydrogen) atoms. The van der Waals surface area contributed by atoms with Crippen LogP contribution in [0.4, 0.5) is 85.3 Å². The van der Waals surface area contributed by atoms with Gasteiger partial charge in [0.05, 0.1) is 22.3 Å². The number of rotatable bonds is 9. The fourth-order valence-corrected chi connectivity index (χ4v) is 18.3. The molecule has 0 aliphatic carbocycles. The molecule has 0 fully saturated rings. The monoisotopic (exact) mass is 1340 g/mol. The average molecular weight is 1340 g/mol. The molecule has 7 heterocycles. The van der Waals surface area contributed by atoms with Gasteiger partial charge in [-0.25, -0.2) is 0 Å². The highest BCUT2D eigenvalue weighted by atomic mass is 16.5. The number of nitrogens with zero attached hydrogens (tertiary/aromatic N) is 5. The Morgan fingerprint density at radius 2 is 0.495 bits per heavy atom. The van der Waals surface area contributed by atoms with Gasteiger partial charge in [0.25, 0.3) is 20.1 Å². The van der Waals surface area contributed by atoms with E-state index < -0.39 is 20.1 Å². The predicted octanol–water partition coefficient (Wildman–Crippen LogP) is 18.9. The molecule has 6 nitrogen and oxygen atoms in total. The van der Waals surface area contributed by atoms with Gasteiger partial charge in [0.15, 0.2) is 11.5 Å². The lowest BCUT2D eigenvalue weighted by atomic mass is 9.27. The zero-order valence-corrected chi connectivity index (χ0v) is 56.4. The van der Waals surface area contributed by atoms with Crippen LogP contribution in [-0.2, 0) is 0 Å². The summed E-state index contributed by atoms with van der Waals surface area (Å²) in [5.41, 5.74) is 30.7. The molecule has 0 bridgehead atoms. The zero-order valence-electron chi connectivity index (χ0n) is 64.4. The zero-order chi connectivity index (χ0) is 75.5. The van der Waals surface area contributed by atoms with Crippen LogP contribution < -0.4 is 78.4 Å². The van der Waals surface area contributed by atoms with Gasteiger partial charge < -0.3 is 29.2 Å². The Morgan fingerprint density at radius 1 is 0.200 bits per heavy atom. The molecule has 0 atom stereocenters. The van der Waals surface area contributed by atoms with E-state index in [2.05, 4.69) is 225 Å². The van der Waals surface area contributed by atoms with Gasteiger partial charge in [0.2, 0.25) is 0 Å². The van der Waals surface area contributed by atoms with Gasteiger partial charge >= 0.3 is 0 Å². The SMILES string of the molecule is [2H]c1cc([2H])cc(N2c3ccc(-c4ccccc4)cc3B3c4cc5c(cc4N(c4cc([2H])cc([2H])c4)c4cc(-c6ccccc6)cc2c43)N(c2cc([2H])cc([2H])c2)c2cc3c4c6c2B5c2cc(-c5ccccc5)cc5c2N6c2c(cc(-c6ccccc6)cc2B4c2cc(-c4ccccc4)ccc2N3c2cc([2H])cc([2H])c2)O5)c1. The summed E-state index contributed by atoms with van der Waals surface area (Å²) in [5, 5.41) is 0. The van der Waals surface area contributed by atoms with Crippen LogP contribution >= 0.6 is 0 Å². The first-order valence-electron chi connectivity index (χ1n) is 39.8. The number of fused-ring (bicyclic) bond motifs is 10. The van der Waals surface area contributed by atoms with Crippen LogP contribution in [0.15, 0.2) is 364 Å². The highest BCUT2D eigenvalue weighted by Gasteiger charge is 2.56. The smallest absolute Gasteiger partial charge is 0.252 e. The first-order valence-corrected chi connectivity index (χ1v) is 35.8. The Hall–Kier alpha value is -13.5. The molecule has 0 amide bonds.